The number of hydrogen-bond acceptors (Lipinski definition) is 8. The SMILES string of the molecule is CN[C@@H](CCCN=C(N)N)C(=O)CN[C@@H](Cc1ccccc1)C(=O)N[C@@H](Cc1c[nH]c2ccccc12)C(=O)N[C@@H](CO)C(C)=O. The van der Waals surface area contributed by atoms with Crippen molar-refractivity contribution in [2.75, 3.05) is 26.7 Å². The summed E-state index contributed by atoms with van der Waals surface area (Å²) in [5.41, 5.74) is 13.3. The van der Waals surface area contributed by atoms with Gasteiger partial charge in [0.1, 0.15) is 12.1 Å². The number of likely N-dealkylation sites (N-methyl/N-ethyl adjacent to an activating group) is 1. The van der Waals surface area contributed by atoms with Crippen LogP contribution >= 0.6 is 0 Å². The number of benzene rings is 2. The zero-order valence-electron chi connectivity index (χ0n) is 25.7. The Hall–Kier alpha value is -4.59. The van der Waals surface area contributed by atoms with Crippen LogP contribution in [0.1, 0.15) is 30.9 Å². The van der Waals surface area contributed by atoms with Crippen LogP contribution in [-0.4, -0.2) is 90.3 Å². The smallest absolute Gasteiger partial charge is 0.243 e. The second-order valence-electron chi connectivity index (χ2n) is 10.9. The van der Waals surface area contributed by atoms with Crippen LogP contribution in [0, 0.1) is 0 Å². The van der Waals surface area contributed by atoms with Gasteiger partial charge in [-0.2, -0.15) is 0 Å². The van der Waals surface area contributed by atoms with E-state index in [0.717, 1.165) is 22.0 Å². The standard InChI is InChI=1S/C32H44N8O5/c1-20(42)28(19-41)40-31(45)27(16-22-17-37-24-12-7-6-11-23(22)24)39-30(44)26(15-21-9-4-3-5-10-21)38-18-29(43)25(35-2)13-8-14-36-32(33)34/h3-7,9-12,17,25-28,35,37-38,41H,8,13-16,18-19H2,1-2H3,(H,39,44)(H,40,45)(H4,33,34,36)/t25-,26-,27-,28-/m0/s1. The molecule has 4 atom stereocenters. The van der Waals surface area contributed by atoms with Crippen molar-refractivity contribution in [1.82, 2.24) is 26.3 Å². The maximum atomic E-state index is 13.8. The Morgan fingerprint density at radius 2 is 1.56 bits per heavy atom. The van der Waals surface area contributed by atoms with Gasteiger partial charge in [-0.25, -0.2) is 0 Å². The monoisotopic (exact) mass is 620 g/mol. The van der Waals surface area contributed by atoms with Gasteiger partial charge in [-0.3, -0.25) is 29.5 Å². The molecule has 0 aliphatic heterocycles. The first-order chi connectivity index (χ1) is 21.6. The van der Waals surface area contributed by atoms with E-state index in [9.17, 15) is 24.3 Å². The number of aliphatic hydroxyl groups excluding tert-OH is 1. The molecule has 0 bridgehead atoms. The lowest BCUT2D eigenvalue weighted by atomic mass is 10.0. The number of aromatic amines is 1. The van der Waals surface area contributed by atoms with E-state index in [2.05, 4.69) is 31.2 Å². The highest BCUT2D eigenvalue weighted by Crippen LogP contribution is 2.19. The van der Waals surface area contributed by atoms with Crippen molar-refractivity contribution >= 4 is 40.2 Å². The highest BCUT2D eigenvalue weighted by atomic mass is 16.3. The number of hydrogen-bond donors (Lipinski definition) is 8. The Morgan fingerprint density at radius 1 is 0.889 bits per heavy atom. The summed E-state index contributed by atoms with van der Waals surface area (Å²) in [6.07, 6.45) is 3.23. The van der Waals surface area contributed by atoms with Gasteiger partial charge < -0.3 is 37.5 Å². The molecule has 2 amide bonds. The highest BCUT2D eigenvalue weighted by molar-refractivity contribution is 5.94. The Kier molecular flexibility index (Phi) is 13.7. The van der Waals surface area contributed by atoms with Gasteiger partial charge in [0.15, 0.2) is 17.5 Å². The van der Waals surface area contributed by atoms with Crippen LogP contribution in [0.3, 0.4) is 0 Å². The van der Waals surface area contributed by atoms with Gasteiger partial charge in [0.05, 0.1) is 25.2 Å². The van der Waals surface area contributed by atoms with Crippen molar-refractivity contribution in [3.05, 3.63) is 71.9 Å². The number of Topliss-reactive ketones (excluding diaryl/α,β-unsaturated/α-hetero) is 2. The van der Waals surface area contributed by atoms with Crippen molar-refractivity contribution in [3.63, 3.8) is 0 Å². The molecule has 242 valence electrons. The van der Waals surface area contributed by atoms with E-state index >= 15 is 0 Å². The molecule has 1 heterocycles. The van der Waals surface area contributed by atoms with E-state index in [1.807, 2.05) is 54.6 Å². The quantitative estimate of drug-likeness (QED) is 0.0499. The van der Waals surface area contributed by atoms with Gasteiger partial charge in [-0.15, -0.1) is 0 Å². The summed E-state index contributed by atoms with van der Waals surface area (Å²) in [5, 5.41) is 22.0. The number of guanidine groups is 1. The summed E-state index contributed by atoms with van der Waals surface area (Å²) in [7, 11) is 1.69. The zero-order valence-corrected chi connectivity index (χ0v) is 25.7. The molecule has 0 saturated carbocycles. The number of carbonyl (C=O) groups excluding carboxylic acids is 4. The Morgan fingerprint density at radius 3 is 2.22 bits per heavy atom. The van der Waals surface area contributed by atoms with Crippen LogP contribution < -0.4 is 32.7 Å². The molecule has 45 heavy (non-hydrogen) atoms. The molecule has 2 aromatic carbocycles. The Bertz CT molecular complexity index is 1450. The zero-order chi connectivity index (χ0) is 32.8. The molecule has 13 heteroatoms. The van der Waals surface area contributed by atoms with Crippen molar-refractivity contribution in [2.45, 2.75) is 56.8 Å². The molecule has 0 aliphatic carbocycles. The van der Waals surface area contributed by atoms with E-state index in [1.165, 1.54) is 6.92 Å². The number of aliphatic imine (C=N–C) groups is 1. The molecule has 3 aromatic rings. The number of nitrogens with two attached hydrogens (primary N) is 2. The summed E-state index contributed by atoms with van der Waals surface area (Å²) in [5.74, 6) is -1.68. The molecular formula is C32H44N8O5. The minimum atomic E-state index is -1.11. The van der Waals surface area contributed by atoms with Crippen molar-refractivity contribution in [2.24, 2.45) is 16.5 Å². The summed E-state index contributed by atoms with van der Waals surface area (Å²) >= 11 is 0. The molecule has 0 fully saturated rings. The molecule has 0 saturated heterocycles. The van der Waals surface area contributed by atoms with Gasteiger partial charge in [0.2, 0.25) is 11.8 Å². The van der Waals surface area contributed by atoms with Crippen molar-refractivity contribution in [3.8, 4) is 0 Å². The largest absolute Gasteiger partial charge is 0.394 e. The lowest BCUT2D eigenvalue weighted by molar-refractivity contribution is -0.132. The predicted octanol–water partition coefficient (Wildman–Crippen LogP) is -0.327. The number of ketones is 2. The van der Waals surface area contributed by atoms with Crippen LogP contribution in [0.5, 0.6) is 0 Å². The summed E-state index contributed by atoms with van der Waals surface area (Å²) in [4.78, 5) is 59.5. The summed E-state index contributed by atoms with van der Waals surface area (Å²) in [6.45, 7) is 0.980. The number of aliphatic hydroxyl groups is 1. The number of nitrogens with zero attached hydrogens (tertiary/aromatic N) is 1. The molecule has 10 N–H and O–H groups in total. The van der Waals surface area contributed by atoms with Crippen LogP contribution in [0.4, 0.5) is 0 Å². The van der Waals surface area contributed by atoms with Gasteiger partial charge in [0.25, 0.3) is 0 Å². The fourth-order valence-corrected chi connectivity index (χ4v) is 4.97. The molecule has 3 rings (SSSR count). The third kappa shape index (κ3) is 10.8. The molecule has 13 nitrogen and oxygen atoms in total. The van der Waals surface area contributed by atoms with E-state index in [0.29, 0.717) is 19.4 Å². The van der Waals surface area contributed by atoms with E-state index < -0.39 is 48.4 Å². The van der Waals surface area contributed by atoms with E-state index in [4.69, 9.17) is 11.5 Å². The minimum Gasteiger partial charge on any atom is -0.394 e. The third-order valence-electron chi connectivity index (χ3n) is 7.53. The number of para-hydroxylation sites is 1. The first kappa shape index (κ1) is 34.9. The molecule has 1 aromatic heterocycles. The lowest BCUT2D eigenvalue weighted by Crippen LogP contribution is -2.57. The predicted molar refractivity (Wildman–Crippen MR) is 173 cm³/mol. The second-order valence-corrected chi connectivity index (χ2v) is 10.9. The molecule has 0 radical (unpaired) electrons. The highest BCUT2D eigenvalue weighted by Gasteiger charge is 2.29. The minimum absolute atomic E-state index is 0.0105. The average molecular weight is 621 g/mol. The number of nitrogens with one attached hydrogen (secondary N) is 5. The summed E-state index contributed by atoms with van der Waals surface area (Å²) < 4.78 is 0. The van der Waals surface area contributed by atoms with Crippen LogP contribution in [0.25, 0.3) is 10.9 Å². The topological polar surface area (TPSA) is 217 Å². The second kappa shape index (κ2) is 17.6. The molecule has 0 aliphatic rings. The maximum absolute atomic E-state index is 13.8. The number of carbonyl (C=O) groups is 4. The van der Waals surface area contributed by atoms with Crippen molar-refractivity contribution in [1.29, 1.82) is 0 Å². The van der Waals surface area contributed by atoms with Crippen molar-refractivity contribution < 1.29 is 24.3 Å². The Balaban J connectivity index is 1.80. The average Bonchev–Trinajstić information content (AvgIpc) is 3.44. The number of rotatable bonds is 19. The first-order valence-corrected chi connectivity index (χ1v) is 14.9. The third-order valence-corrected chi connectivity index (χ3v) is 7.53. The van der Waals surface area contributed by atoms with E-state index in [-0.39, 0.29) is 31.1 Å². The van der Waals surface area contributed by atoms with Crippen LogP contribution in [0.2, 0.25) is 0 Å². The van der Waals surface area contributed by atoms with Gasteiger partial charge in [-0.05, 0) is 50.4 Å². The van der Waals surface area contributed by atoms with Gasteiger partial charge in [-0.1, -0.05) is 48.5 Å². The fraction of sp³-hybridized carbons (Fsp3) is 0.406. The van der Waals surface area contributed by atoms with Gasteiger partial charge in [0, 0.05) is 30.1 Å². The van der Waals surface area contributed by atoms with Crippen LogP contribution in [0.15, 0.2) is 65.8 Å². The van der Waals surface area contributed by atoms with Gasteiger partial charge >= 0.3 is 0 Å². The Labute approximate surface area is 262 Å². The fourth-order valence-electron chi connectivity index (χ4n) is 4.97. The summed E-state index contributed by atoms with van der Waals surface area (Å²) in [6, 6.07) is 13.4. The molecular weight excluding hydrogens is 576 g/mol. The number of fused-ring (bicyclic) bond motifs is 1. The van der Waals surface area contributed by atoms with Crippen LogP contribution in [-0.2, 0) is 32.0 Å². The first-order valence-electron chi connectivity index (χ1n) is 14.9. The number of aromatic nitrogens is 1. The normalized spacial score (nSPS) is 13.8. The molecule has 0 unspecified atom stereocenters. The number of amides is 2. The maximum Gasteiger partial charge on any atom is 0.243 e. The van der Waals surface area contributed by atoms with E-state index in [1.54, 1.807) is 13.2 Å². The molecule has 0 spiro atoms. The lowest BCUT2D eigenvalue weighted by Gasteiger charge is -2.25. The number of H-pyrrole nitrogens is 1.